The molecule has 6 nitrogen and oxygen atoms in total. The predicted octanol–water partition coefficient (Wildman–Crippen LogP) is 1.94. The summed E-state index contributed by atoms with van der Waals surface area (Å²) in [5.41, 5.74) is 0.553. The molecule has 2 aromatic rings. The first kappa shape index (κ1) is 16.4. The minimum atomic E-state index is -3.67. The van der Waals surface area contributed by atoms with Gasteiger partial charge in [-0.2, -0.15) is 0 Å². The average Bonchev–Trinajstić information content (AvgIpc) is 2.85. The number of rotatable bonds is 4. The number of hydrogen-bond donors (Lipinski definition) is 1. The minimum Gasteiger partial charge on any atom is -0.354 e. The molecule has 0 aliphatic carbocycles. The third-order valence-electron chi connectivity index (χ3n) is 3.20. The number of carbonyl (C=O) groups excluding carboxylic acids is 1. The lowest BCUT2D eigenvalue weighted by Gasteiger charge is -2.19. The predicted molar refractivity (Wildman–Crippen MR) is 87.0 cm³/mol. The molecule has 0 spiro atoms. The molecule has 2 rings (SSSR count). The first-order chi connectivity index (χ1) is 10.3. The minimum absolute atomic E-state index is 0.167. The van der Waals surface area contributed by atoms with Gasteiger partial charge in [-0.25, -0.2) is 8.42 Å². The Kier molecular flexibility index (Phi) is 4.52. The molecule has 0 unspecified atom stereocenters. The van der Waals surface area contributed by atoms with E-state index in [0.29, 0.717) is 5.69 Å². The van der Waals surface area contributed by atoms with Crippen LogP contribution >= 0.6 is 11.3 Å². The highest BCUT2D eigenvalue weighted by molar-refractivity contribution is 7.93. The first-order valence-corrected chi connectivity index (χ1v) is 8.77. The van der Waals surface area contributed by atoms with E-state index in [4.69, 9.17) is 0 Å². The van der Waals surface area contributed by atoms with E-state index in [1.165, 1.54) is 37.7 Å². The Bertz CT molecular complexity index is 812. The van der Waals surface area contributed by atoms with Crippen LogP contribution in [0.25, 0.3) is 0 Å². The Morgan fingerprint density at radius 2 is 2.00 bits per heavy atom. The number of thiophene rings is 1. The zero-order chi connectivity index (χ0) is 16.5. The quantitative estimate of drug-likeness (QED) is 0.923. The number of carbonyl (C=O) groups is 1. The van der Waals surface area contributed by atoms with Crippen LogP contribution in [0.1, 0.15) is 20.2 Å². The highest BCUT2D eigenvalue weighted by atomic mass is 32.2. The molecule has 1 amide bonds. The molecule has 0 aliphatic heterocycles. The summed E-state index contributed by atoms with van der Waals surface area (Å²) in [5.74, 6) is -0.366. The van der Waals surface area contributed by atoms with Gasteiger partial charge in [0, 0.05) is 30.0 Å². The molecule has 2 heterocycles. The van der Waals surface area contributed by atoms with Crippen molar-refractivity contribution in [2.24, 2.45) is 0 Å². The topological polar surface area (TPSA) is 79.4 Å². The van der Waals surface area contributed by atoms with Crippen molar-refractivity contribution in [2.45, 2.75) is 18.7 Å². The highest BCUT2D eigenvalue weighted by Crippen LogP contribution is 2.29. The lowest BCUT2D eigenvalue weighted by Crippen LogP contribution is -2.27. The Morgan fingerprint density at radius 1 is 1.32 bits per heavy atom. The molecule has 1 N–H and O–H groups in total. The maximum Gasteiger partial charge on any atom is 0.269 e. The van der Waals surface area contributed by atoms with Crippen LogP contribution in [0.5, 0.6) is 0 Å². The zero-order valence-corrected chi connectivity index (χ0v) is 14.4. The van der Waals surface area contributed by atoms with Gasteiger partial charge in [0.15, 0.2) is 0 Å². The second kappa shape index (κ2) is 6.05. The molecule has 2 aromatic heterocycles. The number of aromatic nitrogens is 1. The van der Waals surface area contributed by atoms with E-state index in [1.807, 2.05) is 6.92 Å². The van der Waals surface area contributed by atoms with Crippen molar-refractivity contribution in [2.75, 3.05) is 18.4 Å². The third-order valence-corrected chi connectivity index (χ3v) is 6.21. The van der Waals surface area contributed by atoms with Gasteiger partial charge in [0.05, 0.1) is 5.69 Å². The molecule has 0 atom stereocenters. The molecule has 0 aliphatic rings. The Morgan fingerprint density at radius 3 is 2.55 bits per heavy atom. The van der Waals surface area contributed by atoms with E-state index < -0.39 is 10.0 Å². The van der Waals surface area contributed by atoms with Crippen LogP contribution in [0.4, 0.5) is 5.69 Å². The van der Waals surface area contributed by atoms with Crippen LogP contribution in [0.3, 0.4) is 0 Å². The number of nitrogens with one attached hydrogen (secondary N) is 1. The molecule has 0 aromatic carbocycles. The SMILES string of the molecule is CNC(=O)c1cc(N(C)S(=O)(=O)c2cc(C)sc2C)ccn1. The van der Waals surface area contributed by atoms with Gasteiger partial charge in [-0.1, -0.05) is 0 Å². The van der Waals surface area contributed by atoms with E-state index >= 15 is 0 Å². The van der Waals surface area contributed by atoms with E-state index in [9.17, 15) is 13.2 Å². The molecule has 0 saturated carbocycles. The zero-order valence-electron chi connectivity index (χ0n) is 12.7. The normalized spacial score (nSPS) is 11.3. The average molecular weight is 339 g/mol. The van der Waals surface area contributed by atoms with Gasteiger partial charge in [-0.15, -0.1) is 11.3 Å². The van der Waals surface area contributed by atoms with Crippen molar-refractivity contribution in [1.82, 2.24) is 10.3 Å². The number of nitrogens with zero attached hydrogens (tertiary/aromatic N) is 2. The van der Waals surface area contributed by atoms with Gasteiger partial charge in [-0.3, -0.25) is 14.1 Å². The van der Waals surface area contributed by atoms with Gasteiger partial charge in [0.25, 0.3) is 15.9 Å². The van der Waals surface area contributed by atoms with Crippen LogP contribution in [0.15, 0.2) is 29.3 Å². The van der Waals surface area contributed by atoms with E-state index in [1.54, 1.807) is 19.1 Å². The van der Waals surface area contributed by atoms with Gasteiger partial charge >= 0.3 is 0 Å². The van der Waals surface area contributed by atoms with Crippen molar-refractivity contribution >= 4 is 33.0 Å². The largest absolute Gasteiger partial charge is 0.354 e. The summed E-state index contributed by atoms with van der Waals surface area (Å²) in [6.07, 6.45) is 1.41. The van der Waals surface area contributed by atoms with Crippen molar-refractivity contribution in [1.29, 1.82) is 0 Å². The molecule has 8 heteroatoms. The maximum absolute atomic E-state index is 12.7. The Balaban J connectivity index is 2.45. The molecular weight excluding hydrogens is 322 g/mol. The maximum atomic E-state index is 12.7. The van der Waals surface area contributed by atoms with Crippen molar-refractivity contribution in [3.8, 4) is 0 Å². The van der Waals surface area contributed by atoms with Crippen molar-refractivity contribution < 1.29 is 13.2 Å². The standard InChI is InChI=1S/C14H17N3O3S2/c1-9-7-13(10(2)21-9)22(19,20)17(4)11-5-6-16-12(8-11)14(18)15-3/h5-8H,1-4H3,(H,15,18). The number of hydrogen-bond acceptors (Lipinski definition) is 5. The van der Waals surface area contributed by atoms with Crippen molar-refractivity contribution in [3.63, 3.8) is 0 Å². The molecule has 118 valence electrons. The van der Waals surface area contributed by atoms with E-state index in [0.717, 1.165) is 14.1 Å². The number of anilines is 1. The van der Waals surface area contributed by atoms with Gasteiger partial charge < -0.3 is 5.32 Å². The molecule has 0 saturated heterocycles. The fourth-order valence-corrected chi connectivity index (χ4v) is 4.73. The monoisotopic (exact) mass is 339 g/mol. The summed E-state index contributed by atoms with van der Waals surface area (Å²) < 4.78 is 26.6. The molecule has 0 radical (unpaired) electrons. The first-order valence-electron chi connectivity index (χ1n) is 6.51. The summed E-state index contributed by atoms with van der Waals surface area (Å²) in [6.45, 7) is 3.65. The highest BCUT2D eigenvalue weighted by Gasteiger charge is 2.25. The van der Waals surface area contributed by atoms with Gasteiger partial charge in [-0.05, 0) is 32.0 Å². The van der Waals surface area contributed by atoms with E-state index in [-0.39, 0.29) is 16.5 Å². The Labute approximate surface area is 133 Å². The summed E-state index contributed by atoms with van der Waals surface area (Å²) in [7, 11) is -0.709. The van der Waals surface area contributed by atoms with Gasteiger partial charge in [0.1, 0.15) is 10.6 Å². The fraction of sp³-hybridized carbons (Fsp3) is 0.286. The summed E-state index contributed by atoms with van der Waals surface area (Å²) in [6, 6.07) is 4.66. The second-order valence-corrected chi connectivity index (χ2v) is 8.13. The number of pyridine rings is 1. The Hall–Kier alpha value is -1.93. The van der Waals surface area contributed by atoms with Crippen LogP contribution in [0.2, 0.25) is 0 Å². The second-order valence-electron chi connectivity index (χ2n) is 4.73. The molecular formula is C14H17N3O3S2. The summed E-state index contributed by atoms with van der Waals surface area (Å²) >= 11 is 1.44. The van der Waals surface area contributed by atoms with E-state index in [2.05, 4.69) is 10.3 Å². The van der Waals surface area contributed by atoms with Crippen molar-refractivity contribution in [3.05, 3.63) is 39.8 Å². The van der Waals surface area contributed by atoms with Crippen LogP contribution < -0.4 is 9.62 Å². The van der Waals surface area contributed by atoms with Crippen LogP contribution in [-0.4, -0.2) is 33.4 Å². The lowest BCUT2D eigenvalue weighted by atomic mass is 10.3. The summed E-state index contributed by atoms with van der Waals surface area (Å²) in [5, 5.41) is 2.46. The van der Waals surface area contributed by atoms with Gasteiger partial charge in [0.2, 0.25) is 0 Å². The smallest absolute Gasteiger partial charge is 0.269 e. The van der Waals surface area contributed by atoms with Crippen LogP contribution in [-0.2, 0) is 10.0 Å². The fourth-order valence-electron chi connectivity index (χ4n) is 2.02. The number of aryl methyl sites for hydroxylation is 2. The summed E-state index contributed by atoms with van der Waals surface area (Å²) in [4.78, 5) is 17.5. The number of amides is 1. The lowest BCUT2D eigenvalue weighted by molar-refractivity contribution is 0.0958. The number of sulfonamides is 1. The van der Waals surface area contributed by atoms with Crippen LogP contribution in [0, 0.1) is 13.8 Å². The third kappa shape index (κ3) is 2.97. The molecule has 0 fully saturated rings. The molecule has 22 heavy (non-hydrogen) atoms. The molecule has 0 bridgehead atoms.